The van der Waals surface area contributed by atoms with E-state index in [-0.39, 0.29) is 13.1 Å². The molecule has 1 aliphatic heterocycles. The molecule has 2 aromatic carbocycles. The van der Waals surface area contributed by atoms with Crippen LogP contribution in [-0.2, 0) is 4.79 Å². The van der Waals surface area contributed by atoms with E-state index in [9.17, 15) is 22.9 Å². The number of alkyl halides is 3. The topological polar surface area (TPSA) is 54.7 Å². The van der Waals surface area contributed by atoms with E-state index in [1.54, 1.807) is 30.3 Å². The first-order valence-corrected chi connectivity index (χ1v) is 8.98. The van der Waals surface area contributed by atoms with E-state index in [1.807, 2.05) is 35.0 Å². The summed E-state index contributed by atoms with van der Waals surface area (Å²) >= 11 is 0. The van der Waals surface area contributed by atoms with Crippen LogP contribution in [0.15, 0.2) is 66.0 Å². The molecule has 2 heterocycles. The van der Waals surface area contributed by atoms with Crippen LogP contribution >= 0.6 is 0 Å². The molecule has 0 unspecified atom stereocenters. The summed E-state index contributed by atoms with van der Waals surface area (Å²) in [6.07, 6.45) is -0.909. The fourth-order valence-electron chi connectivity index (χ4n) is 3.60. The molecule has 0 radical (unpaired) electrons. The Bertz CT molecular complexity index is 1110. The van der Waals surface area contributed by atoms with E-state index in [0.717, 1.165) is 32.6 Å². The number of fused-ring (bicyclic) bond motifs is 1. The molecule has 1 aliphatic rings. The molecule has 148 valence electrons. The zero-order chi connectivity index (χ0) is 20.6. The van der Waals surface area contributed by atoms with Crippen LogP contribution < -0.4 is 0 Å². The number of rotatable bonds is 3. The molecule has 1 amide bonds. The number of nitrogens with zero attached hydrogens (tertiary/aromatic N) is 3. The van der Waals surface area contributed by atoms with Crippen molar-refractivity contribution in [1.82, 2.24) is 9.47 Å². The number of amides is 1. The van der Waals surface area contributed by atoms with Crippen molar-refractivity contribution in [3.8, 4) is 5.69 Å². The maximum absolute atomic E-state index is 12.7. The van der Waals surface area contributed by atoms with E-state index in [4.69, 9.17) is 0 Å². The highest BCUT2D eigenvalue weighted by Crippen LogP contribution is 2.33. The molecular formula is C21H16F3N3O2. The second-order valence-electron chi connectivity index (χ2n) is 6.77. The van der Waals surface area contributed by atoms with Gasteiger partial charge >= 0.3 is 12.1 Å². The molecule has 0 N–H and O–H groups in total. The Hall–Kier alpha value is -3.42. The van der Waals surface area contributed by atoms with Crippen molar-refractivity contribution in [1.29, 1.82) is 0 Å². The average molecular weight is 399 g/mol. The maximum atomic E-state index is 12.7. The molecule has 0 spiro atoms. The van der Waals surface area contributed by atoms with Gasteiger partial charge < -0.3 is 9.47 Å². The molecule has 0 atom stereocenters. The molecule has 0 saturated carbocycles. The Morgan fingerprint density at radius 2 is 1.76 bits per heavy atom. The van der Waals surface area contributed by atoms with Crippen molar-refractivity contribution >= 4 is 28.1 Å². The SMILES string of the molecule is O=Nc1ccc(-n2cc(C3=CCN(C(=O)C(F)(F)F)CC3)c3ccccc32)cc1. The van der Waals surface area contributed by atoms with E-state index in [1.165, 1.54) is 0 Å². The summed E-state index contributed by atoms with van der Waals surface area (Å²) in [6.45, 7) is -0.0593. The van der Waals surface area contributed by atoms with E-state index in [2.05, 4.69) is 5.18 Å². The van der Waals surface area contributed by atoms with E-state index >= 15 is 0 Å². The highest BCUT2D eigenvalue weighted by Gasteiger charge is 2.42. The molecule has 8 heteroatoms. The zero-order valence-electron chi connectivity index (χ0n) is 15.2. The van der Waals surface area contributed by atoms with Crippen LogP contribution in [0.4, 0.5) is 18.9 Å². The van der Waals surface area contributed by atoms with Gasteiger partial charge in [-0.2, -0.15) is 13.2 Å². The third kappa shape index (κ3) is 3.53. The molecule has 0 bridgehead atoms. The quantitative estimate of drug-likeness (QED) is 0.568. The second-order valence-corrected chi connectivity index (χ2v) is 6.77. The second kappa shape index (κ2) is 7.20. The monoisotopic (exact) mass is 399 g/mol. The van der Waals surface area contributed by atoms with Gasteiger partial charge in [0.2, 0.25) is 0 Å². The molecule has 0 fully saturated rings. The molecule has 5 nitrogen and oxygen atoms in total. The maximum Gasteiger partial charge on any atom is 0.471 e. The number of aromatic nitrogens is 1. The van der Waals surface area contributed by atoms with Crippen LogP contribution in [0.25, 0.3) is 22.2 Å². The highest BCUT2D eigenvalue weighted by atomic mass is 19.4. The molecular weight excluding hydrogens is 383 g/mol. The molecule has 0 aliphatic carbocycles. The fraction of sp³-hybridized carbons (Fsp3) is 0.190. The Labute approximate surface area is 164 Å². The number of carbonyl (C=O) groups excluding carboxylic acids is 1. The van der Waals surface area contributed by atoms with Crippen LogP contribution in [-0.4, -0.2) is 34.6 Å². The van der Waals surface area contributed by atoms with Crippen LogP contribution in [0.5, 0.6) is 0 Å². The smallest absolute Gasteiger partial charge is 0.331 e. The van der Waals surface area contributed by atoms with Crippen LogP contribution in [0.3, 0.4) is 0 Å². The number of hydrogen-bond donors (Lipinski definition) is 0. The number of carbonyl (C=O) groups is 1. The number of nitroso groups, excluding NO2 is 1. The molecule has 29 heavy (non-hydrogen) atoms. The van der Waals surface area contributed by atoms with Gasteiger partial charge in [-0.3, -0.25) is 4.79 Å². The molecule has 1 aromatic heterocycles. The summed E-state index contributed by atoms with van der Waals surface area (Å²) in [4.78, 5) is 22.9. The lowest BCUT2D eigenvalue weighted by Gasteiger charge is -2.27. The van der Waals surface area contributed by atoms with Gasteiger partial charge in [-0.1, -0.05) is 24.3 Å². The summed E-state index contributed by atoms with van der Waals surface area (Å²) in [6, 6.07) is 14.5. The van der Waals surface area contributed by atoms with Crippen molar-refractivity contribution < 1.29 is 18.0 Å². The Morgan fingerprint density at radius 3 is 2.38 bits per heavy atom. The first-order chi connectivity index (χ1) is 13.9. The summed E-state index contributed by atoms with van der Waals surface area (Å²) < 4.78 is 40.0. The minimum Gasteiger partial charge on any atom is -0.331 e. The Balaban J connectivity index is 1.71. The summed E-state index contributed by atoms with van der Waals surface area (Å²) in [7, 11) is 0. The lowest BCUT2D eigenvalue weighted by atomic mass is 9.99. The third-order valence-electron chi connectivity index (χ3n) is 5.03. The summed E-state index contributed by atoms with van der Waals surface area (Å²) in [5.74, 6) is -1.81. The summed E-state index contributed by atoms with van der Waals surface area (Å²) in [5, 5.41) is 3.87. The number of hydrogen-bond acceptors (Lipinski definition) is 3. The Morgan fingerprint density at radius 1 is 1.03 bits per heavy atom. The standard InChI is InChI=1S/C21H16F3N3O2/c22-21(23,24)20(28)26-11-9-14(10-12-26)18-13-27(19-4-2-1-3-17(18)19)16-7-5-15(25-29)6-8-16/h1-9,13H,10-12H2. The normalized spacial score (nSPS) is 14.7. The van der Waals surface area contributed by atoms with Crippen molar-refractivity contribution in [2.45, 2.75) is 12.6 Å². The first-order valence-electron chi connectivity index (χ1n) is 8.98. The van der Waals surface area contributed by atoms with Gasteiger partial charge in [0.05, 0.1) is 5.52 Å². The van der Waals surface area contributed by atoms with E-state index in [0.29, 0.717) is 12.1 Å². The van der Waals surface area contributed by atoms with Crippen molar-refractivity contribution in [2.75, 3.05) is 13.1 Å². The predicted octanol–water partition coefficient (Wildman–Crippen LogP) is 5.21. The Kier molecular flexibility index (Phi) is 4.70. The lowest BCUT2D eigenvalue weighted by molar-refractivity contribution is -0.185. The fourth-order valence-corrected chi connectivity index (χ4v) is 3.60. The largest absolute Gasteiger partial charge is 0.471 e. The lowest BCUT2D eigenvalue weighted by Crippen LogP contribution is -2.43. The molecule has 4 rings (SSSR count). The van der Waals surface area contributed by atoms with Gasteiger partial charge in [-0.15, -0.1) is 4.91 Å². The number of halogens is 3. The first kappa shape index (κ1) is 18.9. The number of benzene rings is 2. The predicted molar refractivity (Wildman–Crippen MR) is 104 cm³/mol. The van der Waals surface area contributed by atoms with E-state index < -0.39 is 12.1 Å². The van der Waals surface area contributed by atoms with Crippen molar-refractivity contribution in [2.24, 2.45) is 5.18 Å². The van der Waals surface area contributed by atoms with Gasteiger partial charge in [0.25, 0.3) is 0 Å². The van der Waals surface area contributed by atoms with Gasteiger partial charge in [-0.05, 0) is 47.5 Å². The van der Waals surface area contributed by atoms with Crippen LogP contribution in [0.1, 0.15) is 12.0 Å². The van der Waals surface area contributed by atoms with Gasteiger partial charge in [-0.25, -0.2) is 0 Å². The van der Waals surface area contributed by atoms with Crippen molar-refractivity contribution in [3.63, 3.8) is 0 Å². The molecule has 3 aromatic rings. The molecule has 0 saturated heterocycles. The number of para-hydroxylation sites is 1. The van der Waals surface area contributed by atoms with Gasteiger partial charge in [0.15, 0.2) is 0 Å². The van der Waals surface area contributed by atoms with Gasteiger partial charge in [0.1, 0.15) is 5.69 Å². The highest BCUT2D eigenvalue weighted by molar-refractivity contribution is 5.95. The van der Waals surface area contributed by atoms with Crippen molar-refractivity contribution in [3.05, 3.63) is 71.3 Å². The average Bonchev–Trinajstić information content (AvgIpc) is 3.12. The van der Waals surface area contributed by atoms with Gasteiger partial charge in [0, 0.05) is 35.9 Å². The minimum absolute atomic E-state index is 0.0172. The van der Waals surface area contributed by atoms with Crippen LogP contribution in [0.2, 0.25) is 0 Å². The van der Waals surface area contributed by atoms with Crippen LogP contribution in [0, 0.1) is 4.91 Å². The minimum atomic E-state index is -4.86. The zero-order valence-corrected chi connectivity index (χ0v) is 15.2. The summed E-state index contributed by atoms with van der Waals surface area (Å²) in [5.41, 5.74) is 3.92. The third-order valence-corrected chi connectivity index (χ3v) is 5.03.